The Kier molecular flexibility index (Phi) is 4.48. The van der Waals surface area contributed by atoms with Crippen molar-refractivity contribution in [1.29, 1.82) is 0 Å². The molecule has 0 amide bonds. The van der Waals surface area contributed by atoms with Crippen molar-refractivity contribution in [2.75, 3.05) is 13.7 Å². The van der Waals surface area contributed by atoms with Gasteiger partial charge in [0.25, 0.3) is 0 Å². The largest absolute Gasteiger partial charge is 0.380 e. The van der Waals surface area contributed by atoms with Crippen molar-refractivity contribution in [3.8, 4) is 0 Å². The average Bonchev–Trinajstić information content (AvgIpc) is 2.52. The van der Waals surface area contributed by atoms with Crippen LogP contribution in [0.5, 0.6) is 0 Å². The molecule has 0 bridgehead atoms. The zero-order chi connectivity index (χ0) is 12.2. The summed E-state index contributed by atoms with van der Waals surface area (Å²) in [4.78, 5) is 10.5. The zero-order valence-corrected chi connectivity index (χ0v) is 10.7. The van der Waals surface area contributed by atoms with Crippen LogP contribution in [0.2, 0.25) is 0 Å². The molecule has 0 spiro atoms. The minimum atomic E-state index is 0.190. The molecule has 1 rings (SSSR count). The molecule has 1 aliphatic rings. The lowest BCUT2D eigenvalue weighted by Crippen LogP contribution is -2.23. The van der Waals surface area contributed by atoms with Crippen molar-refractivity contribution in [2.24, 2.45) is 11.3 Å². The van der Waals surface area contributed by atoms with Gasteiger partial charge in [-0.15, -0.1) is 0 Å². The van der Waals surface area contributed by atoms with Crippen LogP contribution < -0.4 is 0 Å². The smallest absolute Gasteiger partial charge is 0.145 e. The van der Waals surface area contributed by atoms with Crippen molar-refractivity contribution in [1.82, 2.24) is 0 Å². The minimum absolute atomic E-state index is 0.190. The highest BCUT2D eigenvalue weighted by molar-refractivity contribution is 5.71. The number of allylic oxidation sites excluding steroid dienone is 3. The summed E-state index contributed by atoms with van der Waals surface area (Å²) in [5, 5.41) is 0. The third-order valence-corrected chi connectivity index (χ3v) is 3.71. The van der Waals surface area contributed by atoms with E-state index in [1.54, 1.807) is 7.11 Å². The van der Waals surface area contributed by atoms with E-state index in [1.807, 2.05) is 13.0 Å². The van der Waals surface area contributed by atoms with Gasteiger partial charge in [0.1, 0.15) is 6.29 Å². The van der Waals surface area contributed by atoms with E-state index in [-0.39, 0.29) is 5.41 Å². The van der Waals surface area contributed by atoms with E-state index in [0.29, 0.717) is 5.92 Å². The lowest BCUT2D eigenvalue weighted by atomic mass is 9.75. The van der Waals surface area contributed by atoms with Gasteiger partial charge in [-0.1, -0.05) is 26.0 Å². The molecule has 2 heteroatoms. The lowest BCUT2D eigenvalue weighted by Gasteiger charge is -2.30. The first-order valence-electron chi connectivity index (χ1n) is 5.82. The van der Waals surface area contributed by atoms with Crippen LogP contribution in [0.4, 0.5) is 0 Å². The molecular formula is C14H22O2. The number of hydrogen-bond acceptors (Lipinski definition) is 2. The molecule has 0 aromatic carbocycles. The molecule has 90 valence electrons. The second-order valence-electron chi connectivity index (χ2n) is 5.12. The lowest BCUT2D eigenvalue weighted by molar-refractivity contribution is -0.104. The van der Waals surface area contributed by atoms with Gasteiger partial charge in [0.2, 0.25) is 0 Å². The standard InChI is InChI=1S/C14H22O2/c1-11(9-15)5-6-12-7-8-13(10-16-4)14(12,2)3/h5,8-9,12H,6-7,10H2,1-4H3. The van der Waals surface area contributed by atoms with Gasteiger partial charge in [-0.3, -0.25) is 4.79 Å². The molecule has 2 nitrogen and oxygen atoms in total. The molecule has 0 saturated heterocycles. The summed E-state index contributed by atoms with van der Waals surface area (Å²) in [6, 6.07) is 0. The molecule has 0 aromatic heterocycles. The molecule has 0 fully saturated rings. The van der Waals surface area contributed by atoms with Crippen molar-refractivity contribution in [2.45, 2.75) is 33.6 Å². The molecule has 0 radical (unpaired) electrons. The van der Waals surface area contributed by atoms with Crippen LogP contribution in [-0.4, -0.2) is 20.0 Å². The predicted octanol–water partition coefficient (Wildman–Crippen LogP) is 3.14. The minimum Gasteiger partial charge on any atom is -0.380 e. The van der Waals surface area contributed by atoms with E-state index in [2.05, 4.69) is 19.9 Å². The van der Waals surface area contributed by atoms with Crippen molar-refractivity contribution >= 4 is 6.29 Å². The Hall–Kier alpha value is -0.890. The van der Waals surface area contributed by atoms with Crippen molar-refractivity contribution in [3.63, 3.8) is 0 Å². The Labute approximate surface area is 98.4 Å². The zero-order valence-electron chi connectivity index (χ0n) is 10.7. The summed E-state index contributed by atoms with van der Waals surface area (Å²) in [6.45, 7) is 7.11. The molecule has 0 heterocycles. The van der Waals surface area contributed by atoms with E-state index in [4.69, 9.17) is 4.74 Å². The van der Waals surface area contributed by atoms with Crippen LogP contribution >= 0.6 is 0 Å². The molecule has 0 N–H and O–H groups in total. The maximum absolute atomic E-state index is 10.5. The normalized spacial score (nSPS) is 24.4. The van der Waals surface area contributed by atoms with Crippen LogP contribution in [0.3, 0.4) is 0 Å². The fourth-order valence-corrected chi connectivity index (χ4v) is 2.27. The Bertz CT molecular complexity index is 311. The molecule has 0 aliphatic heterocycles. The van der Waals surface area contributed by atoms with Crippen molar-refractivity contribution in [3.05, 3.63) is 23.3 Å². The van der Waals surface area contributed by atoms with E-state index >= 15 is 0 Å². The summed E-state index contributed by atoms with van der Waals surface area (Å²) >= 11 is 0. The topological polar surface area (TPSA) is 26.3 Å². The molecular weight excluding hydrogens is 200 g/mol. The van der Waals surface area contributed by atoms with Crippen molar-refractivity contribution < 1.29 is 9.53 Å². The maximum Gasteiger partial charge on any atom is 0.145 e. The van der Waals surface area contributed by atoms with Crippen LogP contribution in [0.15, 0.2) is 23.3 Å². The van der Waals surface area contributed by atoms with Crippen LogP contribution in [0.1, 0.15) is 33.6 Å². The van der Waals surface area contributed by atoms with Crippen LogP contribution in [0, 0.1) is 11.3 Å². The molecule has 16 heavy (non-hydrogen) atoms. The molecule has 0 aromatic rings. The quantitative estimate of drug-likeness (QED) is 0.406. The van der Waals surface area contributed by atoms with Gasteiger partial charge in [0.15, 0.2) is 0 Å². The molecule has 1 aliphatic carbocycles. The molecule has 1 atom stereocenters. The first-order valence-corrected chi connectivity index (χ1v) is 5.82. The molecule has 0 saturated carbocycles. The predicted molar refractivity (Wildman–Crippen MR) is 66.3 cm³/mol. The summed E-state index contributed by atoms with van der Waals surface area (Å²) in [7, 11) is 1.74. The van der Waals surface area contributed by atoms with Gasteiger partial charge in [-0.2, -0.15) is 0 Å². The number of ether oxygens (including phenoxy) is 1. The number of carbonyl (C=O) groups excluding carboxylic acids is 1. The number of methoxy groups -OCH3 is 1. The molecule has 1 unspecified atom stereocenters. The third-order valence-electron chi connectivity index (χ3n) is 3.71. The fraction of sp³-hybridized carbons (Fsp3) is 0.643. The number of aldehydes is 1. The summed E-state index contributed by atoms with van der Waals surface area (Å²) in [5.74, 6) is 0.590. The second kappa shape index (κ2) is 5.44. The Morgan fingerprint density at radius 1 is 1.62 bits per heavy atom. The fourth-order valence-electron chi connectivity index (χ4n) is 2.27. The number of rotatable bonds is 5. The number of carbonyl (C=O) groups is 1. The third kappa shape index (κ3) is 2.82. The first-order chi connectivity index (χ1) is 7.52. The van der Waals surface area contributed by atoms with E-state index in [0.717, 1.165) is 31.3 Å². The van der Waals surface area contributed by atoms with Crippen LogP contribution in [0.25, 0.3) is 0 Å². The second-order valence-corrected chi connectivity index (χ2v) is 5.12. The Balaban J connectivity index is 2.64. The van der Waals surface area contributed by atoms with Gasteiger partial charge in [-0.25, -0.2) is 0 Å². The highest BCUT2D eigenvalue weighted by atomic mass is 16.5. The van der Waals surface area contributed by atoms with E-state index in [9.17, 15) is 4.79 Å². The summed E-state index contributed by atoms with van der Waals surface area (Å²) in [6.07, 6.45) is 7.32. The van der Waals surface area contributed by atoms with Gasteiger partial charge < -0.3 is 4.74 Å². The average molecular weight is 222 g/mol. The van der Waals surface area contributed by atoms with Crippen LogP contribution in [-0.2, 0) is 9.53 Å². The summed E-state index contributed by atoms with van der Waals surface area (Å²) < 4.78 is 5.22. The van der Waals surface area contributed by atoms with Gasteiger partial charge in [-0.05, 0) is 42.2 Å². The highest BCUT2D eigenvalue weighted by Crippen LogP contribution is 2.45. The highest BCUT2D eigenvalue weighted by Gasteiger charge is 2.35. The first kappa shape index (κ1) is 13.2. The van der Waals surface area contributed by atoms with Gasteiger partial charge in [0.05, 0.1) is 6.61 Å². The summed E-state index contributed by atoms with van der Waals surface area (Å²) in [5.41, 5.74) is 2.41. The Morgan fingerprint density at radius 2 is 2.31 bits per heavy atom. The van der Waals surface area contributed by atoms with Gasteiger partial charge in [0, 0.05) is 7.11 Å². The van der Waals surface area contributed by atoms with Gasteiger partial charge >= 0.3 is 0 Å². The van der Waals surface area contributed by atoms with E-state index in [1.165, 1.54) is 5.57 Å². The SMILES string of the molecule is COCC1=CCC(CC=C(C)C=O)C1(C)C. The Morgan fingerprint density at radius 3 is 2.88 bits per heavy atom. The number of hydrogen-bond donors (Lipinski definition) is 0. The maximum atomic E-state index is 10.5. The van der Waals surface area contributed by atoms with E-state index < -0.39 is 0 Å². The monoisotopic (exact) mass is 222 g/mol.